The number of hydrogen-bond donors (Lipinski definition) is 1. The quantitative estimate of drug-likeness (QED) is 0.630. The molecule has 0 saturated heterocycles. The minimum atomic E-state index is -0.345. The Kier molecular flexibility index (Phi) is 5.24. The third-order valence-electron chi connectivity index (χ3n) is 2.96. The molecule has 7 heteroatoms. The summed E-state index contributed by atoms with van der Waals surface area (Å²) in [5.74, 6) is 0. The molecule has 0 aliphatic heterocycles. The third kappa shape index (κ3) is 3.86. The fraction of sp³-hybridized carbons (Fsp3) is 0.385. The lowest BCUT2D eigenvalue weighted by Crippen LogP contribution is -2.30. The number of rotatable bonds is 7. The van der Waals surface area contributed by atoms with Crippen LogP contribution in [0.1, 0.15) is 15.8 Å². The van der Waals surface area contributed by atoms with E-state index in [4.69, 9.17) is 0 Å². The predicted octanol–water partition coefficient (Wildman–Crippen LogP) is 3.11. The van der Waals surface area contributed by atoms with Gasteiger partial charge in [-0.15, -0.1) is 11.3 Å². The lowest BCUT2D eigenvalue weighted by molar-refractivity contribution is -0.380. The van der Waals surface area contributed by atoms with Crippen molar-refractivity contribution in [1.29, 1.82) is 0 Å². The van der Waals surface area contributed by atoms with E-state index in [2.05, 4.69) is 41.8 Å². The Morgan fingerprint density at radius 2 is 2.20 bits per heavy atom. The highest BCUT2D eigenvalue weighted by atomic mass is 32.1. The Hall–Kier alpha value is -1.28. The topological polar surface area (TPSA) is 58.4 Å². The molecule has 0 aliphatic carbocycles. The molecule has 0 bridgehead atoms. The summed E-state index contributed by atoms with van der Waals surface area (Å²) in [4.78, 5) is 14.8. The van der Waals surface area contributed by atoms with Crippen molar-refractivity contribution >= 4 is 27.7 Å². The van der Waals surface area contributed by atoms with Crippen molar-refractivity contribution < 1.29 is 4.92 Å². The summed E-state index contributed by atoms with van der Waals surface area (Å²) in [5, 5.41) is 16.3. The van der Waals surface area contributed by atoms with Gasteiger partial charge in [-0.05, 0) is 31.6 Å². The van der Waals surface area contributed by atoms with Crippen molar-refractivity contribution in [2.45, 2.75) is 12.6 Å². The SMILES string of the molecule is CN(C)C(CNCc1ccc([N+](=O)[O-])s1)c1cccs1. The molecule has 2 aromatic heterocycles. The van der Waals surface area contributed by atoms with Gasteiger partial charge in [-0.3, -0.25) is 10.1 Å². The summed E-state index contributed by atoms with van der Waals surface area (Å²) in [7, 11) is 4.12. The molecule has 0 saturated carbocycles. The van der Waals surface area contributed by atoms with E-state index in [0.29, 0.717) is 12.6 Å². The summed E-state index contributed by atoms with van der Waals surface area (Å²) >= 11 is 2.97. The first kappa shape index (κ1) is 15.1. The summed E-state index contributed by atoms with van der Waals surface area (Å²) in [6.07, 6.45) is 0. The molecule has 108 valence electrons. The second-order valence-corrected chi connectivity index (χ2v) is 6.75. The summed E-state index contributed by atoms with van der Waals surface area (Å²) in [5.41, 5.74) is 0. The molecular formula is C13H17N3O2S2. The standard InChI is InChI=1S/C13H17N3O2S2/c1-15(2)11(12-4-3-7-19-12)9-14-8-10-5-6-13(20-10)16(17)18/h3-7,11,14H,8-9H2,1-2H3. The number of thiophene rings is 2. The molecule has 2 heterocycles. The number of likely N-dealkylation sites (N-methyl/N-ethyl adjacent to an activating group) is 1. The molecule has 2 aromatic rings. The monoisotopic (exact) mass is 311 g/mol. The number of nitrogens with one attached hydrogen (secondary N) is 1. The Balaban J connectivity index is 1.88. The molecule has 0 fully saturated rings. The Morgan fingerprint density at radius 1 is 1.40 bits per heavy atom. The van der Waals surface area contributed by atoms with Crippen molar-refractivity contribution in [3.63, 3.8) is 0 Å². The molecule has 0 radical (unpaired) electrons. The molecule has 5 nitrogen and oxygen atoms in total. The van der Waals surface area contributed by atoms with Crippen LogP contribution in [0.3, 0.4) is 0 Å². The fourth-order valence-electron chi connectivity index (χ4n) is 1.91. The minimum Gasteiger partial charge on any atom is -0.310 e. The van der Waals surface area contributed by atoms with Gasteiger partial charge in [0.1, 0.15) is 0 Å². The van der Waals surface area contributed by atoms with Crippen LogP contribution in [0.25, 0.3) is 0 Å². The Labute approximate surface area is 126 Å². The van der Waals surface area contributed by atoms with Crippen molar-refractivity contribution in [1.82, 2.24) is 10.2 Å². The summed E-state index contributed by atoms with van der Waals surface area (Å²) in [6, 6.07) is 7.88. The average molecular weight is 311 g/mol. The van der Waals surface area contributed by atoms with Crippen molar-refractivity contribution in [3.05, 3.63) is 49.5 Å². The molecule has 0 aromatic carbocycles. The van der Waals surface area contributed by atoms with Gasteiger partial charge in [0, 0.05) is 28.9 Å². The second-order valence-electron chi connectivity index (χ2n) is 4.62. The van der Waals surface area contributed by atoms with Gasteiger partial charge in [0.15, 0.2) is 0 Å². The first-order chi connectivity index (χ1) is 9.58. The Bertz CT molecular complexity index is 552. The lowest BCUT2D eigenvalue weighted by Gasteiger charge is -2.23. The first-order valence-corrected chi connectivity index (χ1v) is 7.91. The molecule has 1 unspecified atom stereocenters. The van der Waals surface area contributed by atoms with Crippen molar-refractivity contribution in [3.8, 4) is 0 Å². The molecular weight excluding hydrogens is 294 g/mol. The number of nitrogens with zero attached hydrogens (tertiary/aromatic N) is 2. The largest absolute Gasteiger partial charge is 0.324 e. The van der Waals surface area contributed by atoms with Crippen LogP contribution in [0.2, 0.25) is 0 Å². The van der Waals surface area contributed by atoms with E-state index < -0.39 is 0 Å². The lowest BCUT2D eigenvalue weighted by atomic mass is 10.2. The molecule has 2 rings (SSSR count). The van der Waals surface area contributed by atoms with Crippen LogP contribution < -0.4 is 5.32 Å². The van der Waals surface area contributed by atoms with E-state index in [1.165, 1.54) is 16.2 Å². The minimum absolute atomic E-state index is 0.198. The number of nitro groups is 1. The molecule has 1 N–H and O–H groups in total. The predicted molar refractivity (Wildman–Crippen MR) is 83.4 cm³/mol. The van der Waals surface area contributed by atoms with Gasteiger partial charge < -0.3 is 10.2 Å². The van der Waals surface area contributed by atoms with Crippen molar-refractivity contribution in [2.24, 2.45) is 0 Å². The molecule has 0 spiro atoms. The van der Waals surface area contributed by atoms with E-state index in [1.807, 2.05) is 6.07 Å². The summed E-state index contributed by atoms with van der Waals surface area (Å²) < 4.78 is 0. The van der Waals surface area contributed by atoms with Crippen LogP contribution in [-0.4, -0.2) is 30.5 Å². The highest BCUT2D eigenvalue weighted by Crippen LogP contribution is 2.25. The van der Waals surface area contributed by atoms with Gasteiger partial charge in [-0.1, -0.05) is 17.4 Å². The van der Waals surface area contributed by atoms with Crippen LogP contribution in [0.5, 0.6) is 0 Å². The zero-order valence-corrected chi connectivity index (χ0v) is 13.0. The van der Waals surface area contributed by atoms with Gasteiger partial charge in [0.25, 0.3) is 0 Å². The number of hydrogen-bond acceptors (Lipinski definition) is 6. The molecule has 20 heavy (non-hydrogen) atoms. The van der Waals surface area contributed by atoms with Crippen LogP contribution >= 0.6 is 22.7 Å². The van der Waals surface area contributed by atoms with E-state index in [0.717, 1.165) is 11.4 Å². The van der Waals surface area contributed by atoms with E-state index in [9.17, 15) is 10.1 Å². The Morgan fingerprint density at radius 3 is 2.75 bits per heavy atom. The van der Waals surface area contributed by atoms with E-state index >= 15 is 0 Å². The van der Waals surface area contributed by atoms with Gasteiger partial charge in [0.05, 0.1) is 11.0 Å². The maximum absolute atomic E-state index is 10.6. The van der Waals surface area contributed by atoms with Crippen molar-refractivity contribution in [2.75, 3.05) is 20.6 Å². The zero-order valence-electron chi connectivity index (χ0n) is 11.4. The highest BCUT2D eigenvalue weighted by Gasteiger charge is 2.15. The first-order valence-electron chi connectivity index (χ1n) is 6.21. The maximum atomic E-state index is 10.6. The highest BCUT2D eigenvalue weighted by molar-refractivity contribution is 7.15. The second kappa shape index (κ2) is 6.94. The van der Waals surface area contributed by atoms with Gasteiger partial charge in [-0.2, -0.15) is 0 Å². The van der Waals surface area contributed by atoms with Crippen LogP contribution in [0, 0.1) is 10.1 Å². The van der Waals surface area contributed by atoms with Crippen LogP contribution in [0.4, 0.5) is 5.00 Å². The van der Waals surface area contributed by atoms with E-state index in [1.54, 1.807) is 17.4 Å². The third-order valence-corrected chi connectivity index (χ3v) is 4.97. The van der Waals surface area contributed by atoms with Gasteiger partial charge in [0.2, 0.25) is 0 Å². The molecule has 0 amide bonds. The smallest absolute Gasteiger partial charge is 0.310 e. The maximum Gasteiger partial charge on any atom is 0.324 e. The zero-order chi connectivity index (χ0) is 14.5. The normalized spacial score (nSPS) is 12.8. The average Bonchev–Trinajstić information content (AvgIpc) is 3.05. The molecule has 0 aliphatic rings. The fourth-order valence-corrected chi connectivity index (χ4v) is 3.62. The van der Waals surface area contributed by atoms with Crippen LogP contribution in [-0.2, 0) is 6.54 Å². The van der Waals surface area contributed by atoms with Crippen LogP contribution in [0.15, 0.2) is 29.6 Å². The van der Waals surface area contributed by atoms with E-state index in [-0.39, 0.29) is 9.92 Å². The van der Waals surface area contributed by atoms with Gasteiger partial charge >= 0.3 is 5.00 Å². The molecule has 1 atom stereocenters. The summed E-state index contributed by atoms with van der Waals surface area (Å²) in [6.45, 7) is 1.48. The van der Waals surface area contributed by atoms with Gasteiger partial charge in [-0.25, -0.2) is 0 Å².